The van der Waals surface area contributed by atoms with Crippen LogP contribution in [0.25, 0.3) is 0 Å². The van der Waals surface area contributed by atoms with Gasteiger partial charge in [0, 0.05) is 20.3 Å². The number of hydrogen-bond donors (Lipinski definition) is 0. The van der Waals surface area contributed by atoms with Gasteiger partial charge in [-0.2, -0.15) is 9.98 Å². The summed E-state index contributed by atoms with van der Waals surface area (Å²) in [6, 6.07) is 0. The SMILES string of the molecule is CN(C)C=C1C(Cl)=NC(Cl)=NC1=NC=O. The molecule has 0 bridgehead atoms. The normalized spacial score (nSPS) is 21.3. The first-order chi connectivity index (χ1) is 7.04. The first kappa shape index (κ1) is 11.9. The Morgan fingerprint density at radius 3 is 2.53 bits per heavy atom. The molecular formula is C8H8Cl2N4O. The minimum Gasteiger partial charge on any atom is -0.383 e. The second kappa shape index (κ2) is 5.04. The molecule has 1 amide bonds. The number of halogens is 2. The van der Waals surface area contributed by atoms with Crippen molar-refractivity contribution in [2.24, 2.45) is 15.0 Å². The molecule has 0 aromatic heterocycles. The summed E-state index contributed by atoms with van der Waals surface area (Å²) >= 11 is 11.4. The molecule has 0 N–H and O–H groups in total. The number of rotatable bonds is 2. The van der Waals surface area contributed by atoms with Crippen LogP contribution in [0.3, 0.4) is 0 Å². The summed E-state index contributed by atoms with van der Waals surface area (Å²) in [5, 5.41) is 0.112. The molecule has 1 aliphatic rings. The standard InChI is InChI=1S/C8H8Cl2N4O/c1-14(2)3-5-6(9)12-8(10)13-7(5)11-4-15/h3-4H,1-2H3. The van der Waals surface area contributed by atoms with E-state index in [1.165, 1.54) is 0 Å². The highest BCUT2D eigenvalue weighted by molar-refractivity contribution is 6.78. The van der Waals surface area contributed by atoms with E-state index in [2.05, 4.69) is 15.0 Å². The summed E-state index contributed by atoms with van der Waals surface area (Å²) in [5.74, 6) is 0.156. The highest BCUT2D eigenvalue weighted by atomic mass is 35.5. The molecule has 0 aliphatic carbocycles. The highest BCUT2D eigenvalue weighted by Gasteiger charge is 2.18. The van der Waals surface area contributed by atoms with E-state index >= 15 is 0 Å². The molecule has 0 atom stereocenters. The molecule has 7 heteroatoms. The van der Waals surface area contributed by atoms with Crippen molar-refractivity contribution >= 4 is 45.9 Å². The molecule has 0 aromatic carbocycles. The number of amidine groups is 2. The molecular weight excluding hydrogens is 239 g/mol. The summed E-state index contributed by atoms with van der Waals surface area (Å²) in [6.07, 6.45) is 2.03. The first-order valence-electron chi connectivity index (χ1n) is 3.93. The van der Waals surface area contributed by atoms with Crippen LogP contribution in [0.5, 0.6) is 0 Å². The van der Waals surface area contributed by atoms with Crippen molar-refractivity contribution < 1.29 is 4.79 Å². The Bertz CT molecular complexity index is 395. The molecule has 5 nitrogen and oxygen atoms in total. The van der Waals surface area contributed by atoms with Gasteiger partial charge in [-0.15, -0.1) is 0 Å². The summed E-state index contributed by atoms with van der Waals surface area (Å²) in [7, 11) is 3.60. The van der Waals surface area contributed by atoms with Crippen molar-refractivity contribution in [3.8, 4) is 0 Å². The second-order valence-corrected chi connectivity index (χ2v) is 3.54. The van der Waals surface area contributed by atoms with E-state index in [9.17, 15) is 4.79 Å². The maximum absolute atomic E-state index is 10.3. The molecule has 80 valence electrons. The number of aliphatic imine (C=N–C) groups is 3. The lowest BCUT2D eigenvalue weighted by Gasteiger charge is -2.12. The number of carbonyl (C=O) groups excluding carboxylic acids is 1. The van der Waals surface area contributed by atoms with Gasteiger partial charge in [0.05, 0.1) is 5.57 Å². The van der Waals surface area contributed by atoms with E-state index < -0.39 is 0 Å². The van der Waals surface area contributed by atoms with E-state index in [-0.39, 0.29) is 16.3 Å². The van der Waals surface area contributed by atoms with Gasteiger partial charge in [-0.25, -0.2) is 4.99 Å². The van der Waals surface area contributed by atoms with Crippen molar-refractivity contribution in [2.45, 2.75) is 0 Å². The lowest BCUT2D eigenvalue weighted by molar-refractivity contribution is -0.106. The largest absolute Gasteiger partial charge is 0.383 e. The van der Waals surface area contributed by atoms with Crippen LogP contribution in [0.4, 0.5) is 0 Å². The third-order valence-electron chi connectivity index (χ3n) is 1.41. The summed E-state index contributed by atoms with van der Waals surface area (Å²) < 4.78 is 0. The average molecular weight is 247 g/mol. The van der Waals surface area contributed by atoms with Crippen molar-refractivity contribution in [1.29, 1.82) is 0 Å². The summed E-state index contributed by atoms with van der Waals surface area (Å²) in [4.78, 5) is 23.1. The fraction of sp³-hybridized carbons (Fsp3) is 0.250. The van der Waals surface area contributed by atoms with Crippen molar-refractivity contribution in [3.05, 3.63) is 11.8 Å². The van der Waals surface area contributed by atoms with E-state index in [1.54, 1.807) is 25.2 Å². The van der Waals surface area contributed by atoms with Crippen molar-refractivity contribution in [1.82, 2.24) is 4.90 Å². The number of hydrogen-bond acceptors (Lipinski definition) is 3. The van der Waals surface area contributed by atoms with Gasteiger partial charge in [-0.05, 0) is 11.6 Å². The van der Waals surface area contributed by atoms with E-state index in [1.807, 2.05) is 0 Å². The van der Waals surface area contributed by atoms with Gasteiger partial charge in [-0.3, -0.25) is 4.79 Å². The highest BCUT2D eigenvalue weighted by Crippen LogP contribution is 2.14. The van der Waals surface area contributed by atoms with E-state index in [0.717, 1.165) is 0 Å². The Hall–Kier alpha value is -1.20. The first-order valence-corrected chi connectivity index (χ1v) is 4.69. The van der Waals surface area contributed by atoms with Crippen LogP contribution in [-0.4, -0.2) is 41.7 Å². The Kier molecular flexibility index (Phi) is 3.99. The van der Waals surface area contributed by atoms with Crippen LogP contribution < -0.4 is 0 Å². The lowest BCUT2D eigenvalue weighted by atomic mass is 10.2. The topological polar surface area (TPSA) is 57.4 Å². The van der Waals surface area contributed by atoms with Gasteiger partial charge >= 0.3 is 0 Å². The van der Waals surface area contributed by atoms with Gasteiger partial charge in [0.1, 0.15) is 5.17 Å². The summed E-state index contributed by atoms with van der Waals surface area (Å²) in [5.41, 5.74) is 0.457. The number of nitrogens with zero attached hydrogens (tertiary/aromatic N) is 4. The minimum atomic E-state index is -0.0449. The number of carbonyl (C=O) groups is 1. The molecule has 0 spiro atoms. The molecule has 15 heavy (non-hydrogen) atoms. The van der Waals surface area contributed by atoms with Gasteiger partial charge < -0.3 is 4.90 Å². The van der Waals surface area contributed by atoms with Crippen LogP contribution in [0.1, 0.15) is 0 Å². The fourth-order valence-corrected chi connectivity index (χ4v) is 1.34. The average Bonchev–Trinajstić information content (AvgIpc) is 2.11. The quantitative estimate of drug-likeness (QED) is 0.544. The van der Waals surface area contributed by atoms with Gasteiger partial charge in [-0.1, -0.05) is 11.6 Å². The third kappa shape index (κ3) is 3.14. The van der Waals surface area contributed by atoms with E-state index in [0.29, 0.717) is 12.0 Å². The van der Waals surface area contributed by atoms with Gasteiger partial charge in [0.2, 0.25) is 11.7 Å². The van der Waals surface area contributed by atoms with Crippen LogP contribution in [0.15, 0.2) is 26.8 Å². The van der Waals surface area contributed by atoms with Crippen molar-refractivity contribution in [3.63, 3.8) is 0 Å². The fourth-order valence-electron chi connectivity index (χ4n) is 0.924. The maximum atomic E-state index is 10.3. The summed E-state index contributed by atoms with van der Waals surface area (Å²) in [6.45, 7) is 0. The predicted octanol–water partition coefficient (Wildman–Crippen LogP) is 1.23. The van der Waals surface area contributed by atoms with Gasteiger partial charge in [0.25, 0.3) is 0 Å². The predicted molar refractivity (Wildman–Crippen MR) is 61.8 cm³/mol. The lowest BCUT2D eigenvalue weighted by Crippen LogP contribution is -2.17. The molecule has 1 heterocycles. The van der Waals surface area contributed by atoms with E-state index in [4.69, 9.17) is 23.2 Å². The Morgan fingerprint density at radius 2 is 2.00 bits per heavy atom. The minimum absolute atomic E-state index is 0.0449. The maximum Gasteiger partial charge on any atom is 0.234 e. The zero-order valence-electron chi connectivity index (χ0n) is 8.11. The Morgan fingerprint density at radius 1 is 1.33 bits per heavy atom. The second-order valence-electron chi connectivity index (χ2n) is 2.85. The zero-order chi connectivity index (χ0) is 11.4. The van der Waals surface area contributed by atoms with Crippen LogP contribution >= 0.6 is 23.2 Å². The molecule has 1 aliphatic heterocycles. The molecule has 0 fully saturated rings. The third-order valence-corrected chi connectivity index (χ3v) is 1.87. The zero-order valence-corrected chi connectivity index (χ0v) is 9.62. The van der Waals surface area contributed by atoms with Crippen LogP contribution in [0.2, 0.25) is 0 Å². The van der Waals surface area contributed by atoms with Crippen LogP contribution in [-0.2, 0) is 4.79 Å². The monoisotopic (exact) mass is 246 g/mol. The molecule has 0 saturated heterocycles. The molecule has 0 unspecified atom stereocenters. The molecule has 0 radical (unpaired) electrons. The Balaban J connectivity index is 3.19. The van der Waals surface area contributed by atoms with Gasteiger partial charge in [0.15, 0.2) is 5.84 Å². The molecule has 0 aromatic rings. The number of amides is 1. The smallest absolute Gasteiger partial charge is 0.234 e. The molecule has 1 rings (SSSR count). The van der Waals surface area contributed by atoms with Crippen LogP contribution in [0, 0.1) is 0 Å². The van der Waals surface area contributed by atoms with Crippen molar-refractivity contribution in [2.75, 3.05) is 14.1 Å². The molecule has 0 saturated carbocycles. The Labute approximate surface area is 96.8 Å².